The molecule has 1 aromatic carbocycles. The highest BCUT2D eigenvalue weighted by Crippen LogP contribution is 2.42. The number of hydrogen-bond acceptors (Lipinski definition) is 1. The van der Waals surface area contributed by atoms with Gasteiger partial charge in [0.05, 0.1) is 5.60 Å². The monoisotopic (exact) mass is 229 g/mol. The smallest absolute Gasteiger partial charge is 0.0905 e. The summed E-state index contributed by atoms with van der Waals surface area (Å²) in [4.78, 5) is 3.22. The molecule has 1 aromatic heterocycles. The molecule has 1 heterocycles. The van der Waals surface area contributed by atoms with E-state index in [-0.39, 0.29) is 0 Å². The van der Waals surface area contributed by atoms with E-state index in [9.17, 15) is 5.11 Å². The SMILES string of the molecule is CC1CCCC(O)(c2cccc3[nH]ccc23)C1. The Kier molecular flexibility index (Phi) is 2.48. The minimum atomic E-state index is -0.626. The van der Waals surface area contributed by atoms with Crippen LogP contribution in [0.2, 0.25) is 0 Å². The number of fused-ring (bicyclic) bond motifs is 1. The minimum absolute atomic E-state index is 0.614. The van der Waals surface area contributed by atoms with Gasteiger partial charge < -0.3 is 10.1 Å². The summed E-state index contributed by atoms with van der Waals surface area (Å²) in [5.41, 5.74) is 1.59. The lowest BCUT2D eigenvalue weighted by Gasteiger charge is -2.36. The highest BCUT2D eigenvalue weighted by atomic mass is 16.3. The number of aromatic amines is 1. The van der Waals surface area contributed by atoms with E-state index in [1.165, 1.54) is 11.8 Å². The molecule has 90 valence electrons. The molecule has 0 bridgehead atoms. The number of nitrogens with one attached hydrogen (secondary N) is 1. The van der Waals surface area contributed by atoms with E-state index >= 15 is 0 Å². The van der Waals surface area contributed by atoms with Gasteiger partial charge in [-0.2, -0.15) is 0 Å². The van der Waals surface area contributed by atoms with Crippen LogP contribution in [0.5, 0.6) is 0 Å². The molecular formula is C15H19NO. The number of aromatic nitrogens is 1. The Morgan fingerprint density at radius 3 is 3.06 bits per heavy atom. The first-order valence-electron chi connectivity index (χ1n) is 6.48. The van der Waals surface area contributed by atoms with E-state index in [2.05, 4.69) is 30.1 Å². The molecule has 1 aliphatic rings. The number of H-pyrrole nitrogens is 1. The first-order chi connectivity index (χ1) is 8.19. The number of hydrogen-bond donors (Lipinski definition) is 2. The summed E-state index contributed by atoms with van der Waals surface area (Å²) in [7, 11) is 0. The number of benzene rings is 1. The summed E-state index contributed by atoms with van der Waals surface area (Å²) in [5.74, 6) is 0.614. The van der Waals surface area contributed by atoms with Gasteiger partial charge in [-0.1, -0.05) is 25.5 Å². The van der Waals surface area contributed by atoms with Crippen molar-refractivity contribution in [2.24, 2.45) is 5.92 Å². The predicted octanol–water partition coefficient (Wildman–Crippen LogP) is 3.57. The third-order valence-electron chi connectivity index (χ3n) is 4.07. The molecule has 2 nitrogen and oxygen atoms in total. The largest absolute Gasteiger partial charge is 0.385 e. The standard InChI is InChI=1S/C15H19NO/c1-11-4-3-8-15(17,10-11)13-5-2-6-14-12(13)7-9-16-14/h2,5-7,9,11,16-17H,3-4,8,10H2,1H3. The Morgan fingerprint density at radius 2 is 2.24 bits per heavy atom. The Morgan fingerprint density at radius 1 is 1.35 bits per heavy atom. The molecule has 1 saturated carbocycles. The molecule has 0 saturated heterocycles. The van der Waals surface area contributed by atoms with Crippen molar-refractivity contribution in [3.05, 3.63) is 36.0 Å². The van der Waals surface area contributed by atoms with Gasteiger partial charge in [-0.3, -0.25) is 0 Å². The van der Waals surface area contributed by atoms with Gasteiger partial charge in [0, 0.05) is 17.1 Å². The Labute approximate surface area is 102 Å². The van der Waals surface area contributed by atoms with Crippen LogP contribution >= 0.6 is 0 Å². The fourth-order valence-electron chi connectivity index (χ4n) is 3.26. The van der Waals surface area contributed by atoms with Crippen LogP contribution in [0.4, 0.5) is 0 Å². The van der Waals surface area contributed by atoms with Gasteiger partial charge in [-0.25, -0.2) is 0 Å². The van der Waals surface area contributed by atoms with Gasteiger partial charge >= 0.3 is 0 Å². The van der Waals surface area contributed by atoms with Crippen LogP contribution in [-0.2, 0) is 5.60 Å². The van der Waals surface area contributed by atoms with Crippen molar-refractivity contribution in [3.8, 4) is 0 Å². The second kappa shape index (κ2) is 3.88. The van der Waals surface area contributed by atoms with Crippen LogP contribution in [0.1, 0.15) is 38.2 Å². The third-order valence-corrected chi connectivity index (χ3v) is 4.07. The summed E-state index contributed by atoms with van der Waals surface area (Å²) < 4.78 is 0. The lowest BCUT2D eigenvalue weighted by Crippen LogP contribution is -2.32. The van der Waals surface area contributed by atoms with E-state index in [1.807, 2.05) is 12.3 Å². The van der Waals surface area contributed by atoms with Crippen LogP contribution < -0.4 is 0 Å². The Bertz CT molecular complexity index is 530. The summed E-state index contributed by atoms with van der Waals surface area (Å²) in [6, 6.07) is 8.25. The van der Waals surface area contributed by atoms with Crippen molar-refractivity contribution in [1.82, 2.24) is 4.98 Å². The van der Waals surface area contributed by atoms with Crippen molar-refractivity contribution in [3.63, 3.8) is 0 Å². The van der Waals surface area contributed by atoms with Gasteiger partial charge in [0.25, 0.3) is 0 Å². The quantitative estimate of drug-likeness (QED) is 0.770. The van der Waals surface area contributed by atoms with Crippen LogP contribution in [0.25, 0.3) is 10.9 Å². The summed E-state index contributed by atoms with van der Waals surface area (Å²) in [6.07, 6.45) is 6.09. The number of aliphatic hydroxyl groups is 1. The zero-order chi connectivity index (χ0) is 11.9. The van der Waals surface area contributed by atoms with Gasteiger partial charge in [0.2, 0.25) is 0 Å². The van der Waals surface area contributed by atoms with Crippen molar-refractivity contribution in [1.29, 1.82) is 0 Å². The van der Waals surface area contributed by atoms with Crippen molar-refractivity contribution >= 4 is 10.9 Å². The maximum Gasteiger partial charge on any atom is 0.0905 e. The zero-order valence-electron chi connectivity index (χ0n) is 10.2. The predicted molar refractivity (Wildman–Crippen MR) is 69.8 cm³/mol. The molecule has 0 amide bonds. The molecule has 2 unspecified atom stereocenters. The number of rotatable bonds is 1. The summed E-state index contributed by atoms with van der Waals surface area (Å²) in [5, 5.41) is 12.1. The average Bonchev–Trinajstić information content (AvgIpc) is 2.76. The fraction of sp³-hybridized carbons (Fsp3) is 0.467. The second-order valence-electron chi connectivity index (χ2n) is 5.48. The van der Waals surface area contributed by atoms with E-state index in [0.29, 0.717) is 5.92 Å². The molecule has 2 heteroatoms. The van der Waals surface area contributed by atoms with Crippen LogP contribution in [0.3, 0.4) is 0 Å². The van der Waals surface area contributed by atoms with Crippen LogP contribution in [0.15, 0.2) is 30.5 Å². The topological polar surface area (TPSA) is 36.0 Å². The van der Waals surface area contributed by atoms with Crippen molar-refractivity contribution in [2.45, 2.75) is 38.2 Å². The third kappa shape index (κ3) is 1.77. The molecule has 0 radical (unpaired) electrons. The molecule has 0 aliphatic heterocycles. The molecule has 2 atom stereocenters. The van der Waals surface area contributed by atoms with Crippen LogP contribution in [0, 0.1) is 5.92 Å². The summed E-state index contributed by atoms with van der Waals surface area (Å²) >= 11 is 0. The lowest BCUT2D eigenvalue weighted by molar-refractivity contribution is -0.0165. The minimum Gasteiger partial charge on any atom is -0.385 e. The first kappa shape index (κ1) is 10.8. The molecule has 1 aliphatic carbocycles. The lowest BCUT2D eigenvalue weighted by atomic mass is 9.74. The normalized spacial score (nSPS) is 29.6. The van der Waals surface area contributed by atoms with Gasteiger partial charge in [0.15, 0.2) is 0 Å². The molecular weight excluding hydrogens is 210 g/mol. The molecule has 17 heavy (non-hydrogen) atoms. The highest BCUT2D eigenvalue weighted by Gasteiger charge is 2.35. The van der Waals surface area contributed by atoms with Gasteiger partial charge in [-0.05, 0) is 42.9 Å². The Balaban J connectivity index is 2.10. The van der Waals surface area contributed by atoms with E-state index in [0.717, 1.165) is 30.3 Å². The van der Waals surface area contributed by atoms with E-state index < -0.39 is 5.60 Å². The van der Waals surface area contributed by atoms with E-state index in [4.69, 9.17) is 0 Å². The molecule has 2 N–H and O–H groups in total. The molecule has 0 spiro atoms. The highest BCUT2D eigenvalue weighted by molar-refractivity contribution is 5.83. The van der Waals surface area contributed by atoms with Gasteiger partial charge in [-0.15, -0.1) is 0 Å². The molecule has 1 fully saturated rings. The average molecular weight is 229 g/mol. The molecule has 3 rings (SSSR count). The fourth-order valence-corrected chi connectivity index (χ4v) is 3.26. The van der Waals surface area contributed by atoms with Crippen molar-refractivity contribution in [2.75, 3.05) is 0 Å². The van der Waals surface area contributed by atoms with Gasteiger partial charge in [0.1, 0.15) is 0 Å². The maximum absolute atomic E-state index is 10.9. The zero-order valence-corrected chi connectivity index (χ0v) is 10.2. The van der Waals surface area contributed by atoms with Crippen LogP contribution in [-0.4, -0.2) is 10.1 Å². The molecule has 2 aromatic rings. The Hall–Kier alpha value is -1.28. The maximum atomic E-state index is 10.9. The summed E-state index contributed by atoms with van der Waals surface area (Å²) in [6.45, 7) is 2.24. The van der Waals surface area contributed by atoms with E-state index in [1.54, 1.807) is 0 Å². The van der Waals surface area contributed by atoms with Crippen molar-refractivity contribution < 1.29 is 5.11 Å². The first-order valence-corrected chi connectivity index (χ1v) is 6.48. The second-order valence-corrected chi connectivity index (χ2v) is 5.48.